The quantitative estimate of drug-likeness (QED) is 0.607. The average molecular weight is 270 g/mol. The summed E-state index contributed by atoms with van der Waals surface area (Å²) in [5.41, 5.74) is -0.490. The first-order chi connectivity index (χ1) is 8.25. The van der Waals surface area contributed by atoms with Gasteiger partial charge in [-0.3, -0.25) is 10.1 Å². The highest BCUT2D eigenvalue weighted by atomic mass is 35.5. The lowest BCUT2D eigenvalue weighted by molar-refractivity contribution is -0.565. The molecule has 0 heterocycles. The molecule has 98 valence electrons. The van der Waals surface area contributed by atoms with Crippen molar-refractivity contribution in [3.63, 3.8) is 0 Å². The smallest absolute Gasteiger partial charge is 0.223 e. The summed E-state index contributed by atoms with van der Waals surface area (Å²) in [4.78, 5) is 22.1. The Morgan fingerprint density at radius 1 is 1.50 bits per heavy atom. The van der Waals surface area contributed by atoms with Crippen molar-refractivity contribution in [3.8, 4) is 0 Å². The van der Waals surface area contributed by atoms with Crippen LogP contribution >= 0.6 is 11.6 Å². The van der Waals surface area contributed by atoms with Crippen LogP contribution in [-0.4, -0.2) is 16.2 Å². The number of ketones is 1. The van der Waals surface area contributed by atoms with Gasteiger partial charge >= 0.3 is 0 Å². The maximum Gasteiger partial charge on any atom is 0.223 e. The van der Waals surface area contributed by atoms with Gasteiger partial charge in [0.1, 0.15) is 5.78 Å². The van der Waals surface area contributed by atoms with Gasteiger partial charge in [-0.15, -0.1) is 0 Å². The Bertz CT molecular complexity index is 471. The van der Waals surface area contributed by atoms with Crippen LogP contribution in [0.25, 0.3) is 0 Å². The third-order valence-corrected chi connectivity index (χ3v) is 3.30. The molecule has 1 aromatic rings. The summed E-state index contributed by atoms with van der Waals surface area (Å²) in [6, 6.07) is 6.89. The van der Waals surface area contributed by atoms with E-state index in [-0.39, 0.29) is 17.1 Å². The number of nitro groups is 1. The maximum absolute atomic E-state index is 11.3. The second kappa shape index (κ2) is 5.48. The van der Waals surface area contributed by atoms with E-state index in [0.717, 1.165) is 5.56 Å². The number of benzene rings is 1. The van der Waals surface area contributed by atoms with Crippen LogP contribution in [0.4, 0.5) is 0 Å². The van der Waals surface area contributed by atoms with Crippen molar-refractivity contribution in [1.29, 1.82) is 0 Å². The van der Waals surface area contributed by atoms with Gasteiger partial charge in [-0.2, -0.15) is 0 Å². The van der Waals surface area contributed by atoms with E-state index in [9.17, 15) is 14.9 Å². The van der Waals surface area contributed by atoms with Crippen LogP contribution in [0.2, 0.25) is 5.02 Å². The van der Waals surface area contributed by atoms with Crippen molar-refractivity contribution in [3.05, 3.63) is 45.0 Å². The number of Topliss-reactive ketones (excluding diaryl/α,β-unsaturated/α-hetero) is 1. The molecule has 0 amide bonds. The van der Waals surface area contributed by atoms with Gasteiger partial charge in [0, 0.05) is 30.2 Å². The molecule has 0 aliphatic carbocycles. The van der Waals surface area contributed by atoms with Crippen LogP contribution in [0.1, 0.15) is 38.7 Å². The van der Waals surface area contributed by atoms with Gasteiger partial charge in [-0.05, 0) is 24.6 Å². The van der Waals surface area contributed by atoms with Crippen molar-refractivity contribution in [1.82, 2.24) is 0 Å². The van der Waals surface area contributed by atoms with Gasteiger partial charge in [0.05, 0.1) is 5.92 Å². The minimum atomic E-state index is -1.21. The summed E-state index contributed by atoms with van der Waals surface area (Å²) in [5.74, 6) is -0.557. The Labute approximate surface area is 111 Å². The number of hydrogen-bond acceptors (Lipinski definition) is 3. The molecule has 0 fully saturated rings. The van der Waals surface area contributed by atoms with Crippen molar-refractivity contribution in [2.45, 2.75) is 38.6 Å². The molecular formula is C13H16ClNO3. The van der Waals surface area contributed by atoms with Crippen LogP contribution in [-0.2, 0) is 4.79 Å². The summed E-state index contributed by atoms with van der Waals surface area (Å²) in [6.07, 6.45) is 0.133. The first-order valence-corrected chi connectivity index (χ1v) is 6.02. The fourth-order valence-corrected chi connectivity index (χ4v) is 2.11. The predicted molar refractivity (Wildman–Crippen MR) is 70.6 cm³/mol. The van der Waals surface area contributed by atoms with Crippen molar-refractivity contribution in [2.24, 2.45) is 0 Å². The molecule has 1 rings (SSSR count). The second-order valence-corrected chi connectivity index (χ2v) is 5.36. The molecule has 0 aliphatic rings. The lowest BCUT2D eigenvalue weighted by atomic mass is 9.79. The van der Waals surface area contributed by atoms with Crippen molar-refractivity contribution < 1.29 is 9.72 Å². The van der Waals surface area contributed by atoms with Gasteiger partial charge in [0.15, 0.2) is 0 Å². The molecular weight excluding hydrogens is 254 g/mol. The highest BCUT2D eigenvalue weighted by Gasteiger charge is 2.42. The van der Waals surface area contributed by atoms with E-state index in [4.69, 9.17) is 11.6 Å². The largest absolute Gasteiger partial charge is 0.300 e. The zero-order chi connectivity index (χ0) is 13.9. The number of rotatable bonds is 5. The van der Waals surface area contributed by atoms with Gasteiger partial charge < -0.3 is 4.79 Å². The molecule has 18 heavy (non-hydrogen) atoms. The van der Waals surface area contributed by atoms with Gasteiger partial charge in [0.2, 0.25) is 5.54 Å². The minimum absolute atomic E-state index is 0.0742. The molecule has 5 heteroatoms. The summed E-state index contributed by atoms with van der Waals surface area (Å²) >= 11 is 5.90. The van der Waals surface area contributed by atoms with E-state index in [1.165, 1.54) is 20.8 Å². The Hall–Kier alpha value is -1.42. The topological polar surface area (TPSA) is 60.2 Å². The lowest BCUT2D eigenvalue weighted by Gasteiger charge is -2.26. The normalized spacial score (nSPS) is 13.1. The number of nitrogens with zero attached hydrogens (tertiary/aromatic N) is 1. The zero-order valence-corrected chi connectivity index (χ0v) is 11.4. The highest BCUT2D eigenvalue weighted by molar-refractivity contribution is 6.30. The Morgan fingerprint density at radius 3 is 2.56 bits per heavy atom. The third kappa shape index (κ3) is 3.29. The van der Waals surface area contributed by atoms with Gasteiger partial charge in [-0.1, -0.05) is 23.7 Å². The molecule has 0 saturated carbocycles. The molecule has 0 spiro atoms. The van der Waals surface area contributed by atoms with Crippen molar-refractivity contribution in [2.75, 3.05) is 0 Å². The van der Waals surface area contributed by atoms with Crippen LogP contribution in [0.5, 0.6) is 0 Å². The molecule has 0 radical (unpaired) electrons. The summed E-state index contributed by atoms with van der Waals surface area (Å²) in [7, 11) is 0. The van der Waals surface area contributed by atoms with E-state index in [1.807, 2.05) is 0 Å². The molecule has 0 N–H and O–H groups in total. The van der Waals surface area contributed by atoms with Crippen molar-refractivity contribution >= 4 is 17.4 Å². The first-order valence-electron chi connectivity index (χ1n) is 5.64. The maximum atomic E-state index is 11.3. The van der Waals surface area contributed by atoms with Crippen LogP contribution in [0, 0.1) is 10.1 Å². The SMILES string of the molecule is CC(=O)C[C@@H](c1cccc(Cl)c1)C(C)(C)[N+](=O)[O-]. The van der Waals surface area contributed by atoms with Crippen LogP contribution in [0.15, 0.2) is 24.3 Å². The molecule has 0 saturated heterocycles. The Kier molecular flexibility index (Phi) is 4.46. The molecule has 0 unspecified atom stereocenters. The predicted octanol–water partition coefficient (Wildman–Crippen LogP) is 3.46. The number of hydrogen-bond donors (Lipinski definition) is 0. The van der Waals surface area contributed by atoms with Gasteiger partial charge in [0.25, 0.3) is 0 Å². The summed E-state index contributed by atoms with van der Waals surface area (Å²) in [6.45, 7) is 4.50. The van der Waals surface area contributed by atoms with E-state index in [2.05, 4.69) is 0 Å². The van der Waals surface area contributed by atoms with E-state index in [0.29, 0.717) is 5.02 Å². The number of halogens is 1. The summed E-state index contributed by atoms with van der Waals surface area (Å²) < 4.78 is 0. The minimum Gasteiger partial charge on any atom is -0.300 e. The van der Waals surface area contributed by atoms with E-state index in [1.54, 1.807) is 24.3 Å². The molecule has 0 bridgehead atoms. The average Bonchev–Trinajstić information content (AvgIpc) is 2.25. The summed E-state index contributed by atoms with van der Waals surface area (Å²) in [5, 5.41) is 11.7. The first kappa shape index (κ1) is 14.6. The molecule has 0 aromatic heterocycles. The highest BCUT2D eigenvalue weighted by Crippen LogP contribution is 2.34. The fraction of sp³-hybridized carbons (Fsp3) is 0.462. The second-order valence-electron chi connectivity index (χ2n) is 4.92. The molecule has 0 aliphatic heterocycles. The van der Waals surface area contributed by atoms with E-state index >= 15 is 0 Å². The molecule has 1 atom stereocenters. The fourth-order valence-electron chi connectivity index (χ4n) is 1.91. The number of carbonyl (C=O) groups is 1. The Morgan fingerprint density at radius 2 is 2.11 bits per heavy atom. The lowest BCUT2D eigenvalue weighted by Crippen LogP contribution is -2.39. The molecule has 1 aromatic carbocycles. The Balaban J connectivity index is 3.21. The number of carbonyl (C=O) groups excluding carboxylic acids is 1. The zero-order valence-electron chi connectivity index (χ0n) is 10.6. The standard InChI is InChI=1S/C13H16ClNO3/c1-9(16)7-12(13(2,3)15(17)18)10-5-4-6-11(14)8-10/h4-6,8,12H,7H2,1-3H3/t12-/m0/s1. The van der Waals surface area contributed by atoms with E-state index < -0.39 is 11.5 Å². The monoisotopic (exact) mass is 269 g/mol. The third-order valence-electron chi connectivity index (χ3n) is 3.07. The molecule has 4 nitrogen and oxygen atoms in total. The van der Waals surface area contributed by atoms with Crippen LogP contribution in [0.3, 0.4) is 0 Å². The van der Waals surface area contributed by atoms with Gasteiger partial charge in [-0.25, -0.2) is 0 Å². The van der Waals surface area contributed by atoms with Crippen LogP contribution < -0.4 is 0 Å².